The van der Waals surface area contributed by atoms with Crippen LogP contribution in [0.1, 0.15) is 53.9 Å². The van der Waals surface area contributed by atoms with Crippen molar-refractivity contribution in [2.75, 3.05) is 12.8 Å². The van der Waals surface area contributed by atoms with Gasteiger partial charge in [-0.2, -0.15) is 0 Å². The van der Waals surface area contributed by atoms with Crippen molar-refractivity contribution in [2.24, 2.45) is 17.3 Å². The Morgan fingerprint density at radius 3 is 1.84 bits per heavy atom. The smallest absolute Gasteiger partial charge is 0.302 e. The minimum absolute atomic E-state index is 0. The average molecular weight is 672 g/mol. The maximum Gasteiger partial charge on any atom is 0.302 e. The summed E-state index contributed by atoms with van der Waals surface area (Å²) in [7, 11) is -1.91. The lowest BCUT2D eigenvalue weighted by molar-refractivity contribution is -0.139. The molecule has 1 fully saturated rings. The van der Waals surface area contributed by atoms with Gasteiger partial charge in [-0.1, -0.05) is 104 Å². The van der Waals surface area contributed by atoms with Crippen molar-refractivity contribution in [3.05, 3.63) is 139 Å². The fourth-order valence-electron chi connectivity index (χ4n) is 6.50. The zero-order chi connectivity index (χ0) is 30.9. The van der Waals surface area contributed by atoms with Gasteiger partial charge in [0.1, 0.15) is 29.8 Å². The van der Waals surface area contributed by atoms with Crippen molar-refractivity contribution in [3.8, 4) is 0 Å². The van der Waals surface area contributed by atoms with Crippen molar-refractivity contribution in [2.45, 2.75) is 53.9 Å². The van der Waals surface area contributed by atoms with E-state index in [1.54, 1.807) is 0 Å². The van der Waals surface area contributed by atoms with E-state index in [1.807, 2.05) is 6.92 Å². The number of benzene rings is 3. The molecule has 3 aromatic rings. The zero-order valence-electron chi connectivity index (χ0n) is 27.0. The van der Waals surface area contributed by atoms with E-state index in [-0.39, 0.29) is 28.4 Å². The standard InChI is InChI=1S/C40H48O2P.BrH/c1-31(23-27-39-33(3)24-26-35(40(39,5)6)25-22-32(2)30-42-34(4)41)28-29-43(36-16-10-7-11-17-36,37-18-12-8-13-19-37)38-20-14-9-15-21-38;/h7-23,27-28,35,39H,3,24-26,29-30H2,1-2,4-6H3;1H/q+1;/p-1/b27-23+,31-28+,32-22+;/t35-,39+;/m0./s1. The molecule has 0 radical (unpaired) electrons. The van der Waals surface area contributed by atoms with E-state index in [0.29, 0.717) is 18.4 Å². The van der Waals surface area contributed by atoms with Crippen LogP contribution < -0.4 is 32.9 Å². The van der Waals surface area contributed by atoms with Gasteiger partial charge in [0.2, 0.25) is 0 Å². The van der Waals surface area contributed by atoms with Crippen LogP contribution in [-0.4, -0.2) is 18.7 Å². The molecule has 0 aliphatic heterocycles. The van der Waals surface area contributed by atoms with Crippen LogP contribution in [0.2, 0.25) is 0 Å². The second-order valence-electron chi connectivity index (χ2n) is 12.6. The molecular weight excluding hydrogens is 623 g/mol. The van der Waals surface area contributed by atoms with Crippen LogP contribution in [0, 0.1) is 17.3 Å². The number of halogens is 1. The third-order valence-corrected chi connectivity index (χ3v) is 13.5. The van der Waals surface area contributed by atoms with Crippen LogP contribution in [0.5, 0.6) is 0 Å². The average Bonchev–Trinajstić information content (AvgIpc) is 3.01. The molecule has 0 N–H and O–H groups in total. The SMILES string of the molecule is C=C1CC[C@H](C/C=C(\C)COC(C)=O)C(C)(C)[C@@H]1/C=C/C(C)=C/C[P+](c1ccccc1)(c1ccccc1)c1ccccc1.[Br-]. The number of esters is 1. The number of allylic oxidation sites excluding steroid dienone is 6. The third kappa shape index (κ3) is 8.58. The van der Waals surface area contributed by atoms with E-state index in [0.717, 1.165) is 31.0 Å². The van der Waals surface area contributed by atoms with Crippen molar-refractivity contribution < 1.29 is 26.5 Å². The summed E-state index contributed by atoms with van der Waals surface area (Å²) in [5.74, 6) is 0.622. The van der Waals surface area contributed by atoms with E-state index in [2.05, 4.69) is 143 Å². The highest BCUT2D eigenvalue weighted by atomic mass is 79.9. The molecule has 44 heavy (non-hydrogen) atoms. The van der Waals surface area contributed by atoms with Crippen molar-refractivity contribution in [1.82, 2.24) is 0 Å². The van der Waals surface area contributed by atoms with Gasteiger partial charge in [0.15, 0.2) is 0 Å². The highest BCUT2D eigenvalue weighted by Gasteiger charge is 2.44. The third-order valence-electron chi connectivity index (χ3n) is 9.19. The van der Waals surface area contributed by atoms with Gasteiger partial charge in [0.05, 0.1) is 6.16 Å². The van der Waals surface area contributed by atoms with Crippen molar-refractivity contribution in [3.63, 3.8) is 0 Å². The summed E-state index contributed by atoms with van der Waals surface area (Å²) < 4.78 is 5.19. The number of hydrogen-bond acceptors (Lipinski definition) is 2. The van der Waals surface area contributed by atoms with Crippen LogP contribution in [0.4, 0.5) is 0 Å². The number of ether oxygens (including phenoxy) is 1. The van der Waals surface area contributed by atoms with Crippen LogP contribution in [0.25, 0.3) is 0 Å². The van der Waals surface area contributed by atoms with Crippen LogP contribution >= 0.6 is 7.26 Å². The quantitative estimate of drug-likeness (QED) is 0.108. The van der Waals surface area contributed by atoms with Gasteiger partial charge in [0, 0.05) is 12.8 Å². The maximum atomic E-state index is 11.2. The zero-order valence-corrected chi connectivity index (χ0v) is 29.5. The minimum Gasteiger partial charge on any atom is -1.00 e. The first-order chi connectivity index (χ1) is 20.6. The Kier molecular flexibility index (Phi) is 13.2. The molecule has 2 nitrogen and oxygen atoms in total. The first-order valence-electron chi connectivity index (χ1n) is 15.5. The lowest BCUT2D eigenvalue weighted by Crippen LogP contribution is -3.00. The lowest BCUT2D eigenvalue weighted by atomic mass is 9.59. The molecule has 0 saturated heterocycles. The van der Waals surface area contributed by atoms with E-state index in [4.69, 9.17) is 4.74 Å². The topological polar surface area (TPSA) is 26.3 Å². The van der Waals surface area contributed by atoms with Gasteiger partial charge >= 0.3 is 5.97 Å². The first-order valence-corrected chi connectivity index (χ1v) is 17.5. The number of rotatable bonds is 11. The van der Waals surface area contributed by atoms with Gasteiger partial charge in [-0.05, 0) is 92.5 Å². The molecule has 1 saturated carbocycles. The normalized spacial score (nSPS) is 19.0. The minimum atomic E-state index is -1.91. The summed E-state index contributed by atoms with van der Waals surface area (Å²) in [5, 5.41) is 4.21. The molecule has 2 atom stereocenters. The highest BCUT2D eigenvalue weighted by molar-refractivity contribution is 7.95. The Balaban J connectivity index is 0.00000529. The van der Waals surface area contributed by atoms with Gasteiger partial charge in [-0.15, -0.1) is 0 Å². The summed E-state index contributed by atoms with van der Waals surface area (Å²) in [6, 6.07) is 33.2. The fourth-order valence-corrected chi connectivity index (χ4v) is 10.6. The second kappa shape index (κ2) is 16.4. The summed E-state index contributed by atoms with van der Waals surface area (Å²) in [6.07, 6.45) is 13.6. The molecule has 1 aliphatic rings. The predicted molar refractivity (Wildman–Crippen MR) is 187 cm³/mol. The number of carbonyl (C=O) groups is 1. The molecule has 0 amide bonds. The number of hydrogen-bond donors (Lipinski definition) is 0. The van der Waals surface area contributed by atoms with Crippen molar-refractivity contribution in [1.29, 1.82) is 0 Å². The monoisotopic (exact) mass is 670 g/mol. The van der Waals surface area contributed by atoms with Crippen molar-refractivity contribution >= 4 is 29.1 Å². The molecule has 232 valence electrons. The summed E-state index contributed by atoms with van der Waals surface area (Å²) in [4.78, 5) is 11.2. The van der Waals surface area contributed by atoms with Crippen LogP contribution in [0.15, 0.2) is 139 Å². The Morgan fingerprint density at radius 2 is 1.36 bits per heavy atom. The molecule has 3 aromatic carbocycles. The fraction of sp³-hybridized carbons (Fsp3) is 0.325. The maximum absolute atomic E-state index is 11.2. The molecule has 0 aromatic heterocycles. The molecular formula is C40H48BrO2P. The second-order valence-corrected chi connectivity index (χ2v) is 16.1. The molecule has 4 heteroatoms. The molecule has 4 rings (SSSR count). The van der Waals surface area contributed by atoms with Crippen LogP contribution in [-0.2, 0) is 9.53 Å². The Labute approximate surface area is 277 Å². The van der Waals surface area contributed by atoms with E-state index < -0.39 is 7.26 Å². The number of carbonyl (C=O) groups excluding carboxylic acids is 1. The van der Waals surface area contributed by atoms with E-state index in [9.17, 15) is 4.79 Å². The van der Waals surface area contributed by atoms with Crippen LogP contribution in [0.3, 0.4) is 0 Å². The summed E-state index contributed by atoms with van der Waals surface area (Å²) >= 11 is 0. The summed E-state index contributed by atoms with van der Waals surface area (Å²) in [6.45, 7) is 15.4. The Morgan fingerprint density at radius 1 is 0.864 bits per heavy atom. The molecule has 0 spiro atoms. The molecule has 1 aliphatic carbocycles. The largest absolute Gasteiger partial charge is 1.00 e. The Hall–Kier alpha value is -3.00. The predicted octanol–water partition coefficient (Wildman–Crippen LogP) is 6.00. The van der Waals surface area contributed by atoms with Gasteiger partial charge < -0.3 is 21.7 Å². The molecule has 0 heterocycles. The first kappa shape index (κ1) is 35.5. The highest BCUT2D eigenvalue weighted by Crippen LogP contribution is 2.55. The van der Waals surface area contributed by atoms with Gasteiger partial charge in [-0.25, -0.2) is 0 Å². The molecule has 0 unspecified atom stereocenters. The van der Waals surface area contributed by atoms with Gasteiger partial charge in [-0.3, -0.25) is 4.79 Å². The van der Waals surface area contributed by atoms with E-state index in [1.165, 1.54) is 34.0 Å². The Bertz CT molecular complexity index is 1360. The van der Waals surface area contributed by atoms with Gasteiger partial charge in [0.25, 0.3) is 0 Å². The van der Waals surface area contributed by atoms with E-state index >= 15 is 0 Å². The molecule has 0 bridgehead atoms. The lowest BCUT2D eigenvalue weighted by Gasteiger charge is -2.45. The summed E-state index contributed by atoms with van der Waals surface area (Å²) in [5.41, 5.74) is 3.81.